The SMILES string of the molecule is C[C@H]1NC(=S)N(c2ccc(OCC(N)=O)cc2)C1=O. The van der Waals surface area contributed by atoms with Crippen LogP contribution in [0.15, 0.2) is 24.3 Å². The number of benzene rings is 1. The lowest BCUT2D eigenvalue weighted by molar-refractivity contribution is -0.120. The molecule has 0 unspecified atom stereocenters. The fraction of sp³-hybridized carbons (Fsp3) is 0.250. The van der Waals surface area contributed by atoms with Gasteiger partial charge in [-0.25, -0.2) is 0 Å². The summed E-state index contributed by atoms with van der Waals surface area (Å²) in [6.45, 7) is 1.57. The summed E-state index contributed by atoms with van der Waals surface area (Å²) in [4.78, 5) is 23.9. The van der Waals surface area contributed by atoms with E-state index in [0.717, 1.165) is 0 Å². The average Bonchev–Trinajstić information content (AvgIpc) is 2.62. The molecule has 0 aliphatic carbocycles. The molecule has 100 valence electrons. The minimum Gasteiger partial charge on any atom is -0.484 e. The lowest BCUT2D eigenvalue weighted by Gasteiger charge is -2.15. The topological polar surface area (TPSA) is 84.7 Å². The Kier molecular flexibility index (Phi) is 3.66. The molecule has 7 heteroatoms. The third kappa shape index (κ3) is 2.82. The Hall–Kier alpha value is -2.15. The van der Waals surface area contributed by atoms with Gasteiger partial charge in [0, 0.05) is 0 Å². The molecular weight excluding hydrogens is 266 g/mol. The number of primary amides is 1. The summed E-state index contributed by atoms with van der Waals surface area (Å²) in [5.74, 6) is -0.144. The summed E-state index contributed by atoms with van der Waals surface area (Å²) in [5, 5.41) is 3.26. The van der Waals surface area contributed by atoms with E-state index in [1.54, 1.807) is 31.2 Å². The minimum absolute atomic E-state index is 0.101. The van der Waals surface area contributed by atoms with Gasteiger partial charge in [0.25, 0.3) is 11.8 Å². The van der Waals surface area contributed by atoms with E-state index < -0.39 is 5.91 Å². The first-order valence-electron chi connectivity index (χ1n) is 5.64. The normalized spacial score (nSPS) is 18.4. The monoisotopic (exact) mass is 279 g/mol. The van der Waals surface area contributed by atoms with Crippen LogP contribution in [0.3, 0.4) is 0 Å². The highest BCUT2D eigenvalue weighted by Crippen LogP contribution is 2.22. The van der Waals surface area contributed by atoms with Gasteiger partial charge in [-0.05, 0) is 43.4 Å². The number of thiocarbonyl (C=S) groups is 1. The highest BCUT2D eigenvalue weighted by atomic mass is 32.1. The molecule has 1 aliphatic rings. The second kappa shape index (κ2) is 5.23. The van der Waals surface area contributed by atoms with Gasteiger partial charge in [0.15, 0.2) is 11.7 Å². The van der Waals surface area contributed by atoms with Gasteiger partial charge in [0.05, 0.1) is 5.69 Å². The van der Waals surface area contributed by atoms with Crippen LogP contribution in [0.1, 0.15) is 6.92 Å². The third-order valence-corrected chi connectivity index (χ3v) is 2.91. The van der Waals surface area contributed by atoms with Crippen LogP contribution in [0, 0.1) is 0 Å². The molecule has 1 aliphatic heterocycles. The van der Waals surface area contributed by atoms with E-state index in [9.17, 15) is 9.59 Å². The molecule has 1 aromatic rings. The molecule has 1 atom stereocenters. The Morgan fingerprint density at radius 3 is 2.58 bits per heavy atom. The molecule has 2 amide bonds. The summed E-state index contributed by atoms with van der Waals surface area (Å²) in [6, 6.07) is 6.37. The first kappa shape index (κ1) is 13.3. The number of nitrogens with two attached hydrogens (primary N) is 1. The van der Waals surface area contributed by atoms with Crippen molar-refractivity contribution in [3.63, 3.8) is 0 Å². The Morgan fingerprint density at radius 2 is 2.11 bits per heavy atom. The highest BCUT2D eigenvalue weighted by molar-refractivity contribution is 7.80. The van der Waals surface area contributed by atoms with Gasteiger partial charge in [0.2, 0.25) is 0 Å². The summed E-state index contributed by atoms with van der Waals surface area (Å²) >= 11 is 5.10. The maximum Gasteiger partial charge on any atom is 0.255 e. The van der Waals surface area contributed by atoms with Crippen LogP contribution in [0.5, 0.6) is 5.75 Å². The molecule has 0 saturated carbocycles. The Bertz CT molecular complexity index is 530. The predicted molar refractivity (Wildman–Crippen MR) is 73.8 cm³/mol. The van der Waals surface area contributed by atoms with Gasteiger partial charge >= 0.3 is 0 Å². The number of anilines is 1. The largest absolute Gasteiger partial charge is 0.484 e. The third-order valence-electron chi connectivity index (χ3n) is 2.61. The van der Waals surface area contributed by atoms with Crippen molar-refractivity contribution in [1.29, 1.82) is 0 Å². The van der Waals surface area contributed by atoms with Crippen LogP contribution in [-0.4, -0.2) is 29.6 Å². The van der Waals surface area contributed by atoms with Crippen LogP contribution < -0.4 is 20.7 Å². The fourth-order valence-electron chi connectivity index (χ4n) is 1.70. The van der Waals surface area contributed by atoms with Crippen molar-refractivity contribution in [3.05, 3.63) is 24.3 Å². The second-order valence-electron chi connectivity index (χ2n) is 4.09. The zero-order valence-electron chi connectivity index (χ0n) is 10.3. The Morgan fingerprint density at radius 1 is 1.47 bits per heavy atom. The van der Waals surface area contributed by atoms with E-state index in [4.69, 9.17) is 22.7 Å². The number of ether oxygens (including phenoxy) is 1. The number of carbonyl (C=O) groups is 2. The maximum absolute atomic E-state index is 11.9. The van der Waals surface area contributed by atoms with Crippen LogP contribution in [0.2, 0.25) is 0 Å². The fourth-order valence-corrected chi connectivity index (χ4v) is 2.07. The molecule has 1 fully saturated rings. The van der Waals surface area contributed by atoms with Gasteiger partial charge in [-0.15, -0.1) is 0 Å². The molecule has 0 bridgehead atoms. The number of nitrogens with zero attached hydrogens (tertiary/aromatic N) is 1. The lowest BCUT2D eigenvalue weighted by atomic mass is 10.2. The molecule has 6 nitrogen and oxygen atoms in total. The zero-order valence-corrected chi connectivity index (χ0v) is 11.1. The van der Waals surface area contributed by atoms with E-state index in [1.165, 1.54) is 4.90 Å². The molecule has 0 aromatic heterocycles. The molecule has 0 radical (unpaired) electrons. The van der Waals surface area contributed by atoms with Gasteiger partial charge in [-0.1, -0.05) is 0 Å². The number of rotatable bonds is 4. The first-order valence-corrected chi connectivity index (χ1v) is 6.05. The number of carbonyl (C=O) groups excluding carboxylic acids is 2. The van der Waals surface area contributed by atoms with E-state index in [2.05, 4.69) is 5.32 Å². The summed E-state index contributed by atoms with van der Waals surface area (Å²) in [5.41, 5.74) is 5.63. The van der Waals surface area contributed by atoms with E-state index in [1.807, 2.05) is 0 Å². The Balaban J connectivity index is 2.12. The standard InChI is InChI=1S/C12H13N3O3S/c1-7-11(17)15(12(19)14-7)8-2-4-9(5-3-8)18-6-10(13)16/h2-5,7H,6H2,1H3,(H2,13,16)(H,14,19)/t7-/m1/s1. The van der Waals surface area contributed by atoms with E-state index >= 15 is 0 Å². The molecule has 2 rings (SSSR count). The molecule has 3 N–H and O–H groups in total. The predicted octanol–water partition coefficient (Wildman–Crippen LogP) is 0.160. The molecule has 19 heavy (non-hydrogen) atoms. The van der Waals surface area contributed by atoms with Crippen molar-refractivity contribution in [2.45, 2.75) is 13.0 Å². The van der Waals surface area contributed by atoms with Crippen molar-refractivity contribution < 1.29 is 14.3 Å². The maximum atomic E-state index is 11.9. The number of nitrogens with one attached hydrogen (secondary N) is 1. The first-order chi connectivity index (χ1) is 8.99. The molecule has 1 saturated heterocycles. The van der Waals surface area contributed by atoms with Gasteiger partial charge in [-0.2, -0.15) is 0 Å². The Labute approximate surface area is 115 Å². The molecule has 1 heterocycles. The molecule has 0 spiro atoms. The van der Waals surface area contributed by atoms with Gasteiger partial charge in [-0.3, -0.25) is 14.5 Å². The summed E-state index contributed by atoms with van der Waals surface area (Å²) in [7, 11) is 0. The average molecular weight is 279 g/mol. The van der Waals surface area contributed by atoms with Gasteiger partial charge in [0.1, 0.15) is 11.8 Å². The molecular formula is C12H13N3O3S. The van der Waals surface area contributed by atoms with Crippen LogP contribution >= 0.6 is 12.2 Å². The quantitative estimate of drug-likeness (QED) is 0.767. The van der Waals surface area contributed by atoms with Crippen LogP contribution in [0.25, 0.3) is 0 Å². The smallest absolute Gasteiger partial charge is 0.255 e. The van der Waals surface area contributed by atoms with Crippen molar-refractivity contribution >= 4 is 34.8 Å². The van der Waals surface area contributed by atoms with Gasteiger partial charge < -0.3 is 15.8 Å². The summed E-state index contributed by atoms with van der Waals surface area (Å²) < 4.78 is 5.13. The van der Waals surface area contributed by atoms with Crippen molar-refractivity contribution in [3.8, 4) is 5.75 Å². The summed E-state index contributed by atoms with van der Waals surface area (Å²) in [6.07, 6.45) is 0. The van der Waals surface area contributed by atoms with E-state index in [0.29, 0.717) is 16.5 Å². The minimum atomic E-state index is -0.544. The van der Waals surface area contributed by atoms with Crippen molar-refractivity contribution in [2.75, 3.05) is 11.5 Å². The molecule has 1 aromatic carbocycles. The van der Waals surface area contributed by atoms with Crippen LogP contribution in [0.4, 0.5) is 5.69 Å². The zero-order chi connectivity index (χ0) is 14.0. The number of hydrogen-bond donors (Lipinski definition) is 2. The van der Waals surface area contributed by atoms with Crippen molar-refractivity contribution in [2.24, 2.45) is 5.73 Å². The van der Waals surface area contributed by atoms with E-state index in [-0.39, 0.29) is 18.6 Å². The number of hydrogen-bond acceptors (Lipinski definition) is 4. The van der Waals surface area contributed by atoms with Crippen molar-refractivity contribution in [1.82, 2.24) is 5.32 Å². The highest BCUT2D eigenvalue weighted by Gasteiger charge is 2.33. The van der Waals surface area contributed by atoms with Crippen LogP contribution in [-0.2, 0) is 9.59 Å². The lowest BCUT2D eigenvalue weighted by Crippen LogP contribution is -2.30. The second-order valence-corrected chi connectivity index (χ2v) is 4.48. The number of amides is 2.